The van der Waals surface area contributed by atoms with Crippen LogP contribution in [0.2, 0.25) is 0 Å². The van der Waals surface area contributed by atoms with Crippen LogP contribution in [0.3, 0.4) is 0 Å². The van der Waals surface area contributed by atoms with Gasteiger partial charge in [-0.1, -0.05) is 0 Å². The summed E-state index contributed by atoms with van der Waals surface area (Å²) in [5.41, 5.74) is 0. The number of fused-ring (bicyclic) bond motifs is 1. The van der Waals surface area contributed by atoms with E-state index in [4.69, 9.17) is 0 Å². The summed E-state index contributed by atoms with van der Waals surface area (Å²) in [4.78, 5) is 14.0. The molecule has 2 aliphatic heterocycles. The van der Waals surface area contributed by atoms with Crippen molar-refractivity contribution in [3.63, 3.8) is 0 Å². The van der Waals surface area contributed by atoms with Crippen LogP contribution in [0.15, 0.2) is 0 Å². The average Bonchev–Trinajstić information content (AvgIpc) is 2.89. The molecule has 0 spiro atoms. The first-order valence-electron chi connectivity index (χ1n) is 6.71. The van der Waals surface area contributed by atoms with Crippen molar-refractivity contribution in [2.45, 2.75) is 50.5 Å². The molecule has 2 heterocycles. The molecule has 19 heavy (non-hydrogen) atoms. The second kappa shape index (κ2) is 5.66. The van der Waals surface area contributed by atoms with Gasteiger partial charge in [0.25, 0.3) is 0 Å². The van der Waals surface area contributed by atoms with Gasteiger partial charge in [-0.05, 0) is 32.7 Å². The highest BCUT2D eigenvalue weighted by Gasteiger charge is 2.38. The van der Waals surface area contributed by atoms with Crippen LogP contribution >= 0.6 is 0 Å². The molecular formula is C12H20F3N3O. The van der Waals surface area contributed by atoms with Crippen LogP contribution in [0.1, 0.15) is 26.2 Å². The zero-order chi connectivity index (χ0) is 14.0. The topological polar surface area (TPSA) is 44.4 Å². The number of nitrogens with zero attached hydrogens (tertiary/aromatic N) is 1. The first kappa shape index (κ1) is 14.6. The van der Waals surface area contributed by atoms with Crippen molar-refractivity contribution in [3.05, 3.63) is 0 Å². The molecule has 0 aliphatic carbocycles. The van der Waals surface area contributed by atoms with Gasteiger partial charge >= 0.3 is 6.18 Å². The molecule has 7 heteroatoms. The lowest BCUT2D eigenvalue weighted by Crippen LogP contribution is -2.51. The second-order valence-electron chi connectivity index (χ2n) is 5.36. The fourth-order valence-electron chi connectivity index (χ4n) is 3.01. The van der Waals surface area contributed by atoms with Crippen LogP contribution in [0, 0.1) is 0 Å². The minimum atomic E-state index is -4.36. The lowest BCUT2D eigenvalue weighted by atomic mass is 10.1. The predicted octanol–water partition coefficient (Wildman–Crippen LogP) is 0.880. The summed E-state index contributed by atoms with van der Waals surface area (Å²) in [5, 5.41) is 5.08. The lowest BCUT2D eigenvalue weighted by Gasteiger charge is -2.24. The Hall–Kier alpha value is -0.820. The quantitative estimate of drug-likeness (QED) is 0.803. The summed E-state index contributed by atoms with van der Waals surface area (Å²) in [6.45, 7) is 2.46. The van der Waals surface area contributed by atoms with Gasteiger partial charge in [0.15, 0.2) is 0 Å². The van der Waals surface area contributed by atoms with E-state index in [0.29, 0.717) is 6.04 Å². The third-order valence-electron chi connectivity index (χ3n) is 3.93. The highest BCUT2D eigenvalue weighted by Crippen LogP contribution is 2.28. The number of rotatable bonds is 4. The number of amides is 1. The van der Waals surface area contributed by atoms with E-state index < -0.39 is 24.7 Å². The molecule has 0 bridgehead atoms. The van der Waals surface area contributed by atoms with Gasteiger partial charge in [-0.15, -0.1) is 0 Å². The maximum atomic E-state index is 12.0. The smallest absolute Gasteiger partial charge is 0.346 e. The van der Waals surface area contributed by atoms with Crippen molar-refractivity contribution in [1.82, 2.24) is 15.5 Å². The molecule has 0 aromatic heterocycles. The van der Waals surface area contributed by atoms with E-state index >= 15 is 0 Å². The molecule has 3 unspecified atom stereocenters. The van der Waals surface area contributed by atoms with E-state index in [1.165, 1.54) is 0 Å². The highest BCUT2D eigenvalue weighted by molar-refractivity contribution is 5.81. The highest BCUT2D eigenvalue weighted by atomic mass is 19.4. The zero-order valence-corrected chi connectivity index (χ0v) is 11.0. The third kappa shape index (κ3) is 3.82. The normalized spacial score (nSPS) is 29.3. The molecule has 2 rings (SSSR count). The molecule has 110 valence electrons. The van der Waals surface area contributed by atoms with Gasteiger partial charge in [-0.3, -0.25) is 9.69 Å². The number of alkyl halides is 3. The second-order valence-corrected chi connectivity index (χ2v) is 5.36. The molecular weight excluding hydrogens is 259 g/mol. The molecule has 3 atom stereocenters. The molecule has 2 aliphatic rings. The maximum Gasteiger partial charge on any atom is 0.405 e. The van der Waals surface area contributed by atoms with Crippen LogP contribution in [-0.2, 0) is 4.79 Å². The van der Waals surface area contributed by atoms with Gasteiger partial charge in [-0.25, -0.2) is 0 Å². The summed E-state index contributed by atoms with van der Waals surface area (Å²) in [6.07, 6.45) is -1.13. The van der Waals surface area contributed by atoms with Gasteiger partial charge < -0.3 is 10.6 Å². The SMILES string of the molecule is CC(NC1CCN2CCCC12)C(=O)NCC(F)(F)F. The Kier molecular flexibility index (Phi) is 4.35. The fraction of sp³-hybridized carbons (Fsp3) is 0.917. The Balaban J connectivity index is 1.77. The zero-order valence-electron chi connectivity index (χ0n) is 11.0. The Morgan fingerprint density at radius 2 is 2.11 bits per heavy atom. The van der Waals surface area contributed by atoms with Crippen LogP contribution in [0.4, 0.5) is 13.2 Å². The van der Waals surface area contributed by atoms with E-state index in [1.54, 1.807) is 6.92 Å². The Morgan fingerprint density at radius 3 is 2.79 bits per heavy atom. The monoisotopic (exact) mass is 279 g/mol. The number of halogens is 3. The van der Waals surface area contributed by atoms with Crippen molar-refractivity contribution < 1.29 is 18.0 Å². The van der Waals surface area contributed by atoms with Crippen molar-refractivity contribution in [2.75, 3.05) is 19.6 Å². The van der Waals surface area contributed by atoms with Gasteiger partial charge in [-0.2, -0.15) is 13.2 Å². The minimum absolute atomic E-state index is 0.217. The number of nitrogens with one attached hydrogen (secondary N) is 2. The Bertz CT molecular complexity index is 335. The van der Waals surface area contributed by atoms with E-state index in [-0.39, 0.29) is 6.04 Å². The Labute approximate surface area is 110 Å². The first-order chi connectivity index (χ1) is 8.87. The molecule has 1 amide bonds. The van der Waals surface area contributed by atoms with Gasteiger partial charge in [0.05, 0.1) is 6.04 Å². The molecule has 0 saturated carbocycles. The van der Waals surface area contributed by atoms with Crippen LogP contribution in [0.5, 0.6) is 0 Å². The lowest BCUT2D eigenvalue weighted by molar-refractivity contribution is -0.139. The van der Waals surface area contributed by atoms with E-state index in [2.05, 4.69) is 10.2 Å². The van der Waals surface area contributed by atoms with Gasteiger partial charge in [0.2, 0.25) is 5.91 Å². The minimum Gasteiger partial charge on any atom is -0.346 e. The average molecular weight is 279 g/mol. The number of hydrogen-bond donors (Lipinski definition) is 2. The molecule has 4 nitrogen and oxygen atoms in total. The Morgan fingerprint density at radius 1 is 1.37 bits per heavy atom. The molecule has 2 fully saturated rings. The van der Waals surface area contributed by atoms with Crippen molar-refractivity contribution >= 4 is 5.91 Å². The molecule has 0 aromatic carbocycles. The van der Waals surface area contributed by atoms with E-state index in [1.807, 2.05) is 5.32 Å². The van der Waals surface area contributed by atoms with Gasteiger partial charge in [0.1, 0.15) is 6.54 Å². The summed E-state index contributed by atoms with van der Waals surface area (Å²) < 4.78 is 36.1. The number of hydrogen-bond acceptors (Lipinski definition) is 3. The molecule has 0 radical (unpaired) electrons. The van der Waals surface area contributed by atoms with Crippen LogP contribution in [-0.4, -0.2) is 54.7 Å². The molecule has 0 aromatic rings. The fourth-order valence-corrected chi connectivity index (χ4v) is 3.01. The summed E-state index contributed by atoms with van der Waals surface area (Å²) >= 11 is 0. The summed E-state index contributed by atoms with van der Waals surface area (Å²) in [7, 11) is 0. The molecule has 2 saturated heterocycles. The van der Waals surface area contributed by atoms with E-state index in [9.17, 15) is 18.0 Å². The number of carbonyl (C=O) groups is 1. The van der Waals surface area contributed by atoms with Gasteiger partial charge in [0, 0.05) is 18.6 Å². The van der Waals surface area contributed by atoms with E-state index in [0.717, 1.165) is 32.4 Å². The summed E-state index contributed by atoms with van der Waals surface area (Å²) in [5.74, 6) is -0.589. The van der Waals surface area contributed by atoms with Crippen molar-refractivity contribution in [2.24, 2.45) is 0 Å². The third-order valence-corrected chi connectivity index (χ3v) is 3.93. The standard InChI is InChI=1S/C12H20F3N3O/c1-8(11(19)16-7-12(13,14)15)17-9-4-6-18-5-2-3-10(9)18/h8-10,17H,2-7H2,1H3,(H,16,19). The predicted molar refractivity (Wildman–Crippen MR) is 64.7 cm³/mol. The van der Waals surface area contributed by atoms with Crippen LogP contribution < -0.4 is 10.6 Å². The first-order valence-corrected chi connectivity index (χ1v) is 6.71. The largest absolute Gasteiger partial charge is 0.405 e. The maximum absolute atomic E-state index is 12.0. The van der Waals surface area contributed by atoms with Crippen LogP contribution in [0.25, 0.3) is 0 Å². The summed E-state index contributed by atoms with van der Waals surface area (Å²) in [6, 6.07) is 0.0694. The molecule has 2 N–H and O–H groups in total. The number of carbonyl (C=O) groups excluding carboxylic acids is 1. The van der Waals surface area contributed by atoms with Crippen molar-refractivity contribution in [1.29, 1.82) is 0 Å². The van der Waals surface area contributed by atoms with Crippen molar-refractivity contribution in [3.8, 4) is 0 Å².